The molecule has 0 aliphatic carbocycles. The van der Waals surface area contributed by atoms with Crippen molar-refractivity contribution >= 4 is 12.2 Å². The number of carbonyl (C=O) groups is 2. The van der Waals surface area contributed by atoms with Gasteiger partial charge < -0.3 is 10.1 Å². The van der Waals surface area contributed by atoms with Crippen molar-refractivity contribution in [2.75, 3.05) is 13.1 Å². The lowest BCUT2D eigenvalue weighted by molar-refractivity contribution is 0.0235. The van der Waals surface area contributed by atoms with Crippen LogP contribution < -0.4 is 5.32 Å². The van der Waals surface area contributed by atoms with Crippen LogP contribution in [-0.2, 0) is 10.3 Å². The van der Waals surface area contributed by atoms with Crippen LogP contribution in [0.1, 0.15) is 50.3 Å². The van der Waals surface area contributed by atoms with Gasteiger partial charge in [0, 0.05) is 30.7 Å². The number of fused-ring (bicyclic) bond motifs is 2. The van der Waals surface area contributed by atoms with Crippen molar-refractivity contribution in [1.82, 2.24) is 15.1 Å². The maximum Gasteiger partial charge on any atom is 0.419 e. The minimum atomic E-state index is -0.702. The van der Waals surface area contributed by atoms with Crippen LogP contribution in [0.25, 0.3) is 0 Å². The van der Waals surface area contributed by atoms with Gasteiger partial charge in [-0.3, -0.25) is 9.80 Å². The SMILES string of the molecule is CC(C)(C)NC(=O)OC(=O)N1C2CCC1CN(C(c1ccccc1)(c1ccccc1)c1ccccc1)C2. The molecule has 2 bridgehead atoms. The lowest BCUT2D eigenvalue weighted by Gasteiger charge is -2.51. The van der Waals surface area contributed by atoms with Crippen molar-refractivity contribution < 1.29 is 14.3 Å². The molecule has 1 N–H and O–H groups in total. The number of nitrogens with zero attached hydrogens (tertiary/aromatic N) is 2. The first-order valence-electron chi connectivity index (χ1n) is 13.0. The van der Waals surface area contributed by atoms with Crippen molar-refractivity contribution in [2.45, 2.75) is 56.8 Å². The molecule has 0 radical (unpaired) electrons. The van der Waals surface area contributed by atoms with Gasteiger partial charge in [-0.15, -0.1) is 0 Å². The highest BCUT2D eigenvalue weighted by Gasteiger charge is 2.51. The van der Waals surface area contributed by atoms with Gasteiger partial charge in [0.05, 0.1) is 5.54 Å². The molecule has 3 aromatic carbocycles. The number of nitrogens with one attached hydrogen (secondary N) is 1. The summed E-state index contributed by atoms with van der Waals surface area (Å²) in [6, 6.07) is 31.8. The van der Waals surface area contributed by atoms with Gasteiger partial charge in [0.2, 0.25) is 0 Å². The molecular weight excluding hydrogens is 462 g/mol. The number of carbonyl (C=O) groups excluding carboxylic acids is 2. The first-order valence-corrected chi connectivity index (χ1v) is 13.0. The fourth-order valence-corrected chi connectivity index (χ4v) is 6.02. The van der Waals surface area contributed by atoms with Crippen LogP contribution in [0.3, 0.4) is 0 Å². The third-order valence-corrected chi connectivity index (χ3v) is 7.40. The zero-order chi connectivity index (χ0) is 26.0. The molecule has 0 saturated carbocycles. The Balaban J connectivity index is 1.52. The summed E-state index contributed by atoms with van der Waals surface area (Å²) in [5.41, 5.74) is 2.56. The van der Waals surface area contributed by atoms with E-state index in [-0.39, 0.29) is 12.1 Å². The third kappa shape index (κ3) is 4.86. The van der Waals surface area contributed by atoms with E-state index in [1.165, 1.54) is 16.7 Å². The molecule has 3 aromatic rings. The van der Waals surface area contributed by atoms with Crippen LogP contribution in [-0.4, -0.2) is 52.7 Å². The second-order valence-electron chi connectivity index (χ2n) is 11.0. The van der Waals surface area contributed by atoms with Crippen LogP contribution in [0, 0.1) is 0 Å². The maximum atomic E-state index is 13.1. The molecule has 2 saturated heterocycles. The Hall–Kier alpha value is -3.64. The lowest BCUT2D eigenvalue weighted by Crippen LogP contribution is -2.62. The number of alkyl carbamates (subject to hydrolysis) is 1. The van der Waals surface area contributed by atoms with Crippen LogP contribution in [0.5, 0.6) is 0 Å². The molecule has 37 heavy (non-hydrogen) atoms. The van der Waals surface area contributed by atoms with Gasteiger partial charge in [-0.25, -0.2) is 9.59 Å². The molecule has 0 aromatic heterocycles. The van der Waals surface area contributed by atoms with E-state index in [1.54, 1.807) is 4.90 Å². The molecular formula is C31H35N3O3. The fourth-order valence-electron chi connectivity index (χ4n) is 6.02. The summed E-state index contributed by atoms with van der Waals surface area (Å²) in [6.07, 6.45) is 0.502. The number of amides is 2. The molecule has 2 amide bonds. The fraction of sp³-hybridized carbons (Fsp3) is 0.355. The number of ether oxygens (including phenoxy) is 1. The molecule has 5 rings (SSSR count). The Labute approximate surface area is 219 Å². The van der Waals surface area contributed by atoms with Gasteiger partial charge in [0.15, 0.2) is 0 Å². The van der Waals surface area contributed by atoms with Crippen LogP contribution in [0.15, 0.2) is 91.0 Å². The number of rotatable bonds is 4. The second-order valence-corrected chi connectivity index (χ2v) is 11.0. The second kappa shape index (κ2) is 10.0. The van der Waals surface area contributed by atoms with E-state index in [1.807, 2.05) is 39.0 Å². The number of hydrogen-bond donors (Lipinski definition) is 1. The number of likely N-dealkylation sites (tertiary alicyclic amines) is 1. The van der Waals surface area contributed by atoms with Crippen molar-refractivity contribution in [1.29, 1.82) is 0 Å². The van der Waals surface area contributed by atoms with Gasteiger partial charge in [-0.1, -0.05) is 91.0 Å². The van der Waals surface area contributed by atoms with E-state index in [0.717, 1.165) is 12.8 Å². The van der Waals surface area contributed by atoms with Crippen LogP contribution in [0.2, 0.25) is 0 Å². The Morgan fingerprint density at radius 2 is 1.14 bits per heavy atom. The van der Waals surface area contributed by atoms with Crippen molar-refractivity contribution in [3.8, 4) is 0 Å². The molecule has 2 atom stereocenters. The zero-order valence-electron chi connectivity index (χ0n) is 21.8. The first-order chi connectivity index (χ1) is 17.8. The van der Waals surface area contributed by atoms with E-state index in [9.17, 15) is 9.59 Å². The number of piperazine rings is 1. The van der Waals surface area contributed by atoms with Crippen LogP contribution in [0.4, 0.5) is 9.59 Å². The smallest absolute Gasteiger partial charge is 0.359 e. The van der Waals surface area contributed by atoms with Crippen molar-refractivity contribution in [2.24, 2.45) is 0 Å². The van der Waals surface area contributed by atoms with Crippen LogP contribution >= 0.6 is 0 Å². The number of hydrogen-bond acceptors (Lipinski definition) is 4. The highest BCUT2D eigenvalue weighted by Crippen LogP contribution is 2.46. The predicted octanol–water partition coefficient (Wildman–Crippen LogP) is 5.77. The van der Waals surface area contributed by atoms with E-state index >= 15 is 0 Å². The summed E-state index contributed by atoms with van der Waals surface area (Å²) >= 11 is 0. The van der Waals surface area contributed by atoms with E-state index in [2.05, 4.69) is 83.0 Å². The molecule has 6 heteroatoms. The van der Waals surface area contributed by atoms with Gasteiger partial charge in [-0.05, 0) is 50.3 Å². The highest BCUT2D eigenvalue weighted by molar-refractivity contribution is 5.84. The summed E-state index contributed by atoms with van der Waals surface area (Å²) in [5, 5.41) is 2.72. The molecule has 2 heterocycles. The molecule has 2 aliphatic rings. The van der Waals surface area contributed by atoms with E-state index in [4.69, 9.17) is 4.74 Å². The Bertz CT molecular complexity index is 1110. The largest absolute Gasteiger partial charge is 0.419 e. The average Bonchev–Trinajstić information content (AvgIpc) is 3.15. The monoisotopic (exact) mass is 497 g/mol. The minimum Gasteiger partial charge on any atom is -0.359 e. The summed E-state index contributed by atoms with van der Waals surface area (Å²) < 4.78 is 5.24. The topological polar surface area (TPSA) is 61.9 Å². The standard InChI is InChI=1S/C31H35N3O3/c1-30(2,3)32-28(35)37-29(36)34-26-19-20-27(34)22-33(21-26)31(23-13-7-4-8-14-23,24-15-9-5-10-16-24)25-17-11-6-12-18-25/h4-18,26-27H,19-22H2,1-3H3,(H,32,35). The third-order valence-electron chi connectivity index (χ3n) is 7.40. The van der Waals surface area contributed by atoms with E-state index in [0.29, 0.717) is 13.1 Å². The summed E-state index contributed by atoms with van der Waals surface area (Å²) in [4.78, 5) is 29.8. The van der Waals surface area contributed by atoms with Gasteiger partial charge in [0.1, 0.15) is 0 Å². The number of benzene rings is 3. The zero-order valence-corrected chi connectivity index (χ0v) is 21.8. The van der Waals surface area contributed by atoms with E-state index < -0.39 is 23.3 Å². The summed E-state index contributed by atoms with van der Waals surface area (Å²) in [7, 11) is 0. The Kier molecular flexibility index (Phi) is 6.78. The lowest BCUT2D eigenvalue weighted by atomic mass is 9.75. The minimum absolute atomic E-state index is 0.0378. The molecule has 2 aliphatic heterocycles. The van der Waals surface area contributed by atoms with Crippen molar-refractivity contribution in [3.05, 3.63) is 108 Å². The first kappa shape index (κ1) is 25.0. The van der Waals surface area contributed by atoms with Gasteiger partial charge >= 0.3 is 12.2 Å². The molecule has 192 valence electrons. The highest BCUT2D eigenvalue weighted by atomic mass is 16.6. The summed E-state index contributed by atoms with van der Waals surface area (Å²) in [6.45, 7) is 6.92. The van der Waals surface area contributed by atoms with Gasteiger partial charge in [0.25, 0.3) is 0 Å². The average molecular weight is 498 g/mol. The quantitative estimate of drug-likeness (QED) is 0.367. The Morgan fingerprint density at radius 3 is 1.51 bits per heavy atom. The molecule has 0 spiro atoms. The van der Waals surface area contributed by atoms with Gasteiger partial charge in [-0.2, -0.15) is 0 Å². The van der Waals surface area contributed by atoms with Crippen molar-refractivity contribution in [3.63, 3.8) is 0 Å². The summed E-state index contributed by atoms with van der Waals surface area (Å²) in [5.74, 6) is 0. The maximum absolute atomic E-state index is 13.1. The molecule has 2 unspecified atom stereocenters. The molecule has 2 fully saturated rings. The molecule has 6 nitrogen and oxygen atoms in total. The Morgan fingerprint density at radius 1 is 0.730 bits per heavy atom. The normalized spacial score (nSPS) is 19.9. The predicted molar refractivity (Wildman–Crippen MR) is 144 cm³/mol.